The number of aliphatic carboxylic acids is 1. The summed E-state index contributed by atoms with van der Waals surface area (Å²) in [6.07, 6.45) is 8.50. The quantitative estimate of drug-likeness (QED) is 0.674. The van der Waals surface area contributed by atoms with Crippen LogP contribution in [0.5, 0.6) is 0 Å². The first-order chi connectivity index (χ1) is 6.77. The molecule has 4 nitrogen and oxygen atoms in total. The molecular formula is C10H8N2O2. The van der Waals surface area contributed by atoms with Crippen molar-refractivity contribution in [3.8, 4) is 0 Å². The number of rotatable bonds is 1. The van der Waals surface area contributed by atoms with E-state index in [0.717, 1.165) is 11.3 Å². The Kier molecular flexibility index (Phi) is 2.10. The molecule has 0 saturated carbocycles. The Morgan fingerprint density at radius 1 is 1.36 bits per heavy atom. The van der Waals surface area contributed by atoms with Crippen molar-refractivity contribution in [3.63, 3.8) is 0 Å². The van der Waals surface area contributed by atoms with Gasteiger partial charge in [-0.05, 0) is 0 Å². The SMILES string of the molecule is O=C(O)C1=CC=C2C=NC=CN=C2C1. The zero-order valence-corrected chi connectivity index (χ0v) is 7.34. The van der Waals surface area contributed by atoms with Crippen LogP contribution in [0.1, 0.15) is 6.42 Å². The molecule has 2 rings (SSSR count). The highest BCUT2D eigenvalue weighted by molar-refractivity contribution is 6.20. The maximum absolute atomic E-state index is 10.7. The molecule has 0 aromatic heterocycles. The predicted octanol–water partition coefficient (Wildman–Crippen LogP) is 1.32. The smallest absolute Gasteiger partial charge is 0.331 e. The Labute approximate surface area is 80.7 Å². The van der Waals surface area contributed by atoms with Gasteiger partial charge in [0, 0.05) is 36.2 Å². The van der Waals surface area contributed by atoms with E-state index in [2.05, 4.69) is 9.98 Å². The topological polar surface area (TPSA) is 62.0 Å². The third-order valence-electron chi connectivity index (χ3n) is 2.03. The molecule has 1 aliphatic carbocycles. The molecule has 1 N–H and O–H groups in total. The largest absolute Gasteiger partial charge is 0.478 e. The summed E-state index contributed by atoms with van der Waals surface area (Å²) >= 11 is 0. The van der Waals surface area contributed by atoms with Gasteiger partial charge in [-0.3, -0.25) is 9.98 Å². The van der Waals surface area contributed by atoms with Crippen LogP contribution in [-0.4, -0.2) is 23.0 Å². The van der Waals surface area contributed by atoms with E-state index in [1.165, 1.54) is 0 Å². The molecule has 0 amide bonds. The first-order valence-electron chi connectivity index (χ1n) is 4.17. The Morgan fingerprint density at radius 2 is 2.21 bits per heavy atom. The Bertz CT molecular complexity index is 425. The number of fused-ring (bicyclic) bond motifs is 1. The summed E-state index contributed by atoms with van der Waals surface area (Å²) in [5.74, 6) is -0.895. The average Bonchev–Trinajstić information content (AvgIpc) is 2.41. The van der Waals surface area contributed by atoms with Gasteiger partial charge < -0.3 is 5.11 Å². The van der Waals surface area contributed by atoms with Crippen LogP contribution in [-0.2, 0) is 4.79 Å². The molecule has 0 aromatic carbocycles. The van der Waals surface area contributed by atoms with Crippen LogP contribution in [0.25, 0.3) is 0 Å². The molecule has 0 radical (unpaired) electrons. The highest BCUT2D eigenvalue weighted by Crippen LogP contribution is 2.17. The van der Waals surface area contributed by atoms with Gasteiger partial charge in [0.05, 0.1) is 5.71 Å². The number of aliphatic imine (C=N–C) groups is 2. The lowest BCUT2D eigenvalue weighted by molar-refractivity contribution is -0.132. The summed E-state index contributed by atoms with van der Waals surface area (Å²) in [6, 6.07) is 0. The van der Waals surface area contributed by atoms with Crippen molar-refractivity contribution in [2.24, 2.45) is 9.98 Å². The fourth-order valence-corrected chi connectivity index (χ4v) is 1.30. The lowest BCUT2D eigenvalue weighted by Gasteiger charge is -2.10. The number of hydrogen-bond acceptors (Lipinski definition) is 3. The summed E-state index contributed by atoms with van der Waals surface area (Å²) in [5.41, 5.74) is 1.98. The van der Waals surface area contributed by atoms with Crippen molar-refractivity contribution < 1.29 is 9.90 Å². The minimum atomic E-state index is -0.895. The Balaban J connectivity index is 2.38. The lowest BCUT2D eigenvalue weighted by atomic mass is 9.97. The molecule has 0 saturated heterocycles. The molecule has 0 bridgehead atoms. The highest BCUT2D eigenvalue weighted by atomic mass is 16.4. The molecule has 0 fully saturated rings. The molecule has 0 unspecified atom stereocenters. The van der Waals surface area contributed by atoms with E-state index in [0.29, 0.717) is 12.0 Å². The Morgan fingerprint density at radius 3 is 3.00 bits per heavy atom. The average molecular weight is 188 g/mol. The van der Waals surface area contributed by atoms with E-state index in [1.807, 2.05) is 0 Å². The molecule has 14 heavy (non-hydrogen) atoms. The van der Waals surface area contributed by atoms with E-state index >= 15 is 0 Å². The van der Waals surface area contributed by atoms with E-state index in [9.17, 15) is 4.79 Å². The zero-order chi connectivity index (χ0) is 9.97. The number of allylic oxidation sites excluding steroid dienone is 3. The summed E-state index contributed by atoms with van der Waals surface area (Å²) < 4.78 is 0. The van der Waals surface area contributed by atoms with Crippen molar-refractivity contribution in [2.75, 3.05) is 0 Å². The molecule has 0 atom stereocenters. The second-order valence-corrected chi connectivity index (χ2v) is 2.95. The molecule has 70 valence electrons. The molecule has 0 aromatic rings. The second-order valence-electron chi connectivity index (χ2n) is 2.95. The normalized spacial score (nSPS) is 19.0. The summed E-state index contributed by atoms with van der Waals surface area (Å²) in [5, 5.41) is 8.79. The lowest BCUT2D eigenvalue weighted by Crippen LogP contribution is -2.13. The number of carboxylic acid groups (broad SMARTS) is 1. The fourth-order valence-electron chi connectivity index (χ4n) is 1.30. The van der Waals surface area contributed by atoms with Gasteiger partial charge in [-0.25, -0.2) is 4.79 Å². The number of nitrogens with zero attached hydrogens (tertiary/aromatic N) is 2. The highest BCUT2D eigenvalue weighted by Gasteiger charge is 2.17. The van der Waals surface area contributed by atoms with Gasteiger partial charge in [0.2, 0.25) is 0 Å². The molecule has 1 aliphatic heterocycles. The van der Waals surface area contributed by atoms with E-state index < -0.39 is 5.97 Å². The molecule has 4 heteroatoms. The minimum Gasteiger partial charge on any atom is -0.478 e. The van der Waals surface area contributed by atoms with Crippen LogP contribution in [0, 0.1) is 0 Å². The van der Waals surface area contributed by atoms with Gasteiger partial charge in [0.1, 0.15) is 0 Å². The van der Waals surface area contributed by atoms with E-state index in [-0.39, 0.29) is 0 Å². The van der Waals surface area contributed by atoms with Gasteiger partial charge in [-0.15, -0.1) is 0 Å². The van der Waals surface area contributed by atoms with E-state index in [1.54, 1.807) is 30.8 Å². The standard InChI is InChI=1S/C10H8N2O2/c13-10(14)7-1-2-8-6-11-3-4-12-9(8)5-7/h1-4,6H,5H2,(H,13,14). The van der Waals surface area contributed by atoms with Gasteiger partial charge in [-0.2, -0.15) is 0 Å². The van der Waals surface area contributed by atoms with E-state index in [4.69, 9.17) is 5.11 Å². The van der Waals surface area contributed by atoms with Gasteiger partial charge in [0.25, 0.3) is 0 Å². The summed E-state index contributed by atoms with van der Waals surface area (Å²) in [4.78, 5) is 18.8. The van der Waals surface area contributed by atoms with Crippen LogP contribution in [0.2, 0.25) is 0 Å². The van der Waals surface area contributed by atoms with Gasteiger partial charge in [-0.1, -0.05) is 12.2 Å². The van der Waals surface area contributed by atoms with Crippen LogP contribution in [0.3, 0.4) is 0 Å². The van der Waals surface area contributed by atoms with Gasteiger partial charge >= 0.3 is 5.97 Å². The Hall–Kier alpha value is -1.97. The minimum absolute atomic E-state index is 0.358. The van der Waals surface area contributed by atoms with Crippen molar-refractivity contribution >= 4 is 17.9 Å². The van der Waals surface area contributed by atoms with Crippen molar-refractivity contribution in [3.05, 3.63) is 35.7 Å². The molecule has 1 heterocycles. The summed E-state index contributed by atoms with van der Waals surface area (Å²) in [6.45, 7) is 0. The molecule has 2 aliphatic rings. The van der Waals surface area contributed by atoms with Crippen molar-refractivity contribution in [1.29, 1.82) is 0 Å². The fraction of sp³-hybridized carbons (Fsp3) is 0.100. The zero-order valence-electron chi connectivity index (χ0n) is 7.34. The maximum Gasteiger partial charge on any atom is 0.331 e. The number of hydrogen-bond donors (Lipinski definition) is 1. The molecule has 0 spiro atoms. The van der Waals surface area contributed by atoms with Gasteiger partial charge in [0.15, 0.2) is 0 Å². The van der Waals surface area contributed by atoms with Crippen LogP contribution in [0.4, 0.5) is 0 Å². The maximum atomic E-state index is 10.7. The second kappa shape index (κ2) is 3.41. The van der Waals surface area contributed by atoms with Crippen LogP contribution in [0.15, 0.2) is 45.7 Å². The first-order valence-corrected chi connectivity index (χ1v) is 4.17. The third-order valence-corrected chi connectivity index (χ3v) is 2.03. The number of carboxylic acids is 1. The van der Waals surface area contributed by atoms with Crippen molar-refractivity contribution in [2.45, 2.75) is 6.42 Å². The number of carbonyl (C=O) groups is 1. The predicted molar refractivity (Wildman–Crippen MR) is 53.5 cm³/mol. The first kappa shape index (κ1) is 8.62. The van der Waals surface area contributed by atoms with Crippen LogP contribution < -0.4 is 0 Å². The molecular weight excluding hydrogens is 180 g/mol. The third kappa shape index (κ3) is 1.54. The van der Waals surface area contributed by atoms with Crippen molar-refractivity contribution in [1.82, 2.24) is 0 Å². The summed E-state index contributed by atoms with van der Waals surface area (Å²) in [7, 11) is 0. The monoisotopic (exact) mass is 188 g/mol. The van der Waals surface area contributed by atoms with Crippen LogP contribution >= 0.6 is 0 Å².